The summed E-state index contributed by atoms with van der Waals surface area (Å²) in [7, 11) is -3.42. The van der Waals surface area contributed by atoms with Crippen LogP contribution in [0.5, 0.6) is 0 Å². The molecular formula is C24H24N6O3S. The van der Waals surface area contributed by atoms with E-state index >= 15 is 0 Å². The summed E-state index contributed by atoms with van der Waals surface area (Å²) in [6.07, 6.45) is 3.94. The van der Waals surface area contributed by atoms with Crippen LogP contribution in [0.4, 0.5) is 5.82 Å². The van der Waals surface area contributed by atoms with Crippen molar-refractivity contribution >= 4 is 21.4 Å². The first-order chi connectivity index (χ1) is 16.5. The average molecular weight is 477 g/mol. The average Bonchev–Trinajstić information content (AvgIpc) is 3.36. The molecule has 174 valence electrons. The molecule has 3 heterocycles. The van der Waals surface area contributed by atoms with Gasteiger partial charge in [-0.05, 0) is 29.7 Å². The van der Waals surface area contributed by atoms with Crippen molar-refractivity contribution < 1.29 is 14.3 Å². The van der Waals surface area contributed by atoms with Gasteiger partial charge in [-0.25, -0.2) is 18.4 Å². The summed E-state index contributed by atoms with van der Waals surface area (Å²) in [6.45, 7) is 0.631. The van der Waals surface area contributed by atoms with Gasteiger partial charge in [-0.1, -0.05) is 54.6 Å². The summed E-state index contributed by atoms with van der Waals surface area (Å²) < 4.78 is 32.9. The van der Waals surface area contributed by atoms with Gasteiger partial charge in [-0.3, -0.25) is 0 Å². The molecule has 2 aromatic heterocycles. The van der Waals surface area contributed by atoms with Crippen LogP contribution in [0.25, 0.3) is 28.6 Å². The second-order valence-electron chi connectivity index (χ2n) is 7.85. The molecule has 0 fully saturated rings. The van der Waals surface area contributed by atoms with Crippen molar-refractivity contribution in [2.45, 2.75) is 12.2 Å². The van der Waals surface area contributed by atoms with Gasteiger partial charge in [0.15, 0.2) is 11.5 Å². The Morgan fingerprint density at radius 2 is 1.71 bits per heavy atom. The fourth-order valence-electron chi connectivity index (χ4n) is 3.74. The molecule has 0 unspecified atom stereocenters. The molecule has 2 aromatic carbocycles. The molecule has 5 rings (SSSR count). The van der Waals surface area contributed by atoms with Crippen LogP contribution in [-0.4, -0.2) is 46.0 Å². The smallest absolute Gasteiger partial charge is 0.270 e. The fourth-order valence-corrected chi connectivity index (χ4v) is 5.21. The van der Waals surface area contributed by atoms with Crippen LogP contribution >= 0.6 is 0 Å². The quantitative estimate of drug-likeness (QED) is 0.447. The van der Waals surface area contributed by atoms with Gasteiger partial charge >= 0.3 is 0 Å². The van der Waals surface area contributed by atoms with E-state index in [4.69, 9.17) is 10.2 Å². The van der Waals surface area contributed by atoms with Crippen molar-refractivity contribution in [1.29, 1.82) is 0 Å². The van der Waals surface area contributed by atoms with Gasteiger partial charge < -0.3 is 10.2 Å². The standard InChI is InChI=1S/C24H22N6O3S.H2/c25-22-21(24-29-28-23(33-24)19-9-5-2-6-10-19)27-20(15-26-22)18-11-13-30(14-12-18)34(31,32)16-17-7-3-1-4-8-17;/h1-11,15H,12-14,16H2,(H2,25,26);1H. The van der Waals surface area contributed by atoms with Crippen molar-refractivity contribution in [2.75, 3.05) is 18.8 Å². The second-order valence-corrected chi connectivity index (χ2v) is 9.82. The zero-order valence-corrected chi connectivity index (χ0v) is 19.0. The normalized spacial score (nSPS) is 14.6. The highest BCUT2D eigenvalue weighted by molar-refractivity contribution is 7.88. The van der Waals surface area contributed by atoms with Crippen molar-refractivity contribution in [3.05, 3.63) is 84.2 Å². The van der Waals surface area contributed by atoms with Gasteiger partial charge in [-0.15, -0.1) is 10.2 Å². The summed E-state index contributed by atoms with van der Waals surface area (Å²) in [6, 6.07) is 18.6. The lowest BCUT2D eigenvalue weighted by atomic mass is 10.1. The first-order valence-electron chi connectivity index (χ1n) is 10.7. The lowest BCUT2D eigenvalue weighted by Crippen LogP contribution is -2.35. The molecule has 10 heteroatoms. The molecule has 0 spiro atoms. The lowest BCUT2D eigenvalue weighted by molar-refractivity contribution is 0.440. The van der Waals surface area contributed by atoms with Gasteiger partial charge in [-0.2, -0.15) is 4.31 Å². The van der Waals surface area contributed by atoms with Crippen LogP contribution in [-0.2, 0) is 15.8 Å². The summed E-state index contributed by atoms with van der Waals surface area (Å²) in [5.41, 5.74) is 9.39. The highest BCUT2D eigenvalue weighted by Crippen LogP contribution is 2.29. The van der Waals surface area contributed by atoms with Crippen molar-refractivity contribution in [2.24, 2.45) is 0 Å². The third kappa shape index (κ3) is 4.59. The van der Waals surface area contributed by atoms with Gasteiger partial charge in [0.1, 0.15) is 0 Å². The Hall–Kier alpha value is -3.89. The minimum atomic E-state index is -3.42. The molecule has 4 aromatic rings. The number of hydrogen-bond donors (Lipinski definition) is 1. The molecule has 0 atom stereocenters. The Morgan fingerprint density at radius 3 is 2.41 bits per heavy atom. The van der Waals surface area contributed by atoms with Gasteiger partial charge in [0.05, 0.1) is 17.6 Å². The Balaban J connectivity index is 0.00000289. The Kier molecular flexibility index (Phi) is 5.91. The van der Waals surface area contributed by atoms with Crippen LogP contribution in [0.1, 0.15) is 19.1 Å². The Morgan fingerprint density at radius 1 is 1.00 bits per heavy atom. The summed E-state index contributed by atoms with van der Waals surface area (Å²) in [4.78, 5) is 8.86. The summed E-state index contributed by atoms with van der Waals surface area (Å²) in [5, 5.41) is 8.18. The topological polar surface area (TPSA) is 128 Å². The molecule has 0 aliphatic carbocycles. The number of nitrogens with zero attached hydrogens (tertiary/aromatic N) is 5. The third-order valence-electron chi connectivity index (χ3n) is 5.54. The predicted octanol–water partition coefficient (Wildman–Crippen LogP) is 3.64. The molecule has 34 heavy (non-hydrogen) atoms. The highest BCUT2D eigenvalue weighted by atomic mass is 32.2. The zero-order chi connectivity index (χ0) is 23.5. The van der Waals surface area contributed by atoms with E-state index in [2.05, 4.69) is 20.2 Å². The van der Waals surface area contributed by atoms with Crippen molar-refractivity contribution in [3.63, 3.8) is 0 Å². The zero-order valence-electron chi connectivity index (χ0n) is 18.2. The minimum absolute atomic E-state index is 0. The maximum absolute atomic E-state index is 12.8. The van der Waals surface area contributed by atoms with Crippen LogP contribution in [0.15, 0.2) is 77.4 Å². The number of anilines is 1. The first-order valence-corrected chi connectivity index (χ1v) is 12.3. The fraction of sp³-hybridized carbons (Fsp3) is 0.167. The van der Waals surface area contributed by atoms with E-state index in [0.29, 0.717) is 30.2 Å². The van der Waals surface area contributed by atoms with E-state index in [1.54, 1.807) is 6.20 Å². The van der Waals surface area contributed by atoms with Crippen LogP contribution in [0.3, 0.4) is 0 Å². The molecule has 0 amide bonds. The predicted molar refractivity (Wildman–Crippen MR) is 131 cm³/mol. The molecule has 2 N–H and O–H groups in total. The maximum Gasteiger partial charge on any atom is 0.270 e. The molecule has 0 radical (unpaired) electrons. The number of nitrogen functional groups attached to an aromatic ring is 1. The minimum Gasteiger partial charge on any atom is -0.414 e. The van der Waals surface area contributed by atoms with Crippen LogP contribution < -0.4 is 5.73 Å². The number of aromatic nitrogens is 4. The SMILES string of the molecule is Nc1ncc(C2=CCN(S(=O)(=O)Cc3ccccc3)CC2)nc1-c1nnc(-c2ccccc2)o1.[HH]. The largest absolute Gasteiger partial charge is 0.414 e. The van der Waals surface area contributed by atoms with Crippen molar-refractivity contribution in [1.82, 2.24) is 24.5 Å². The lowest BCUT2D eigenvalue weighted by Gasteiger charge is -2.25. The Labute approximate surface area is 198 Å². The molecule has 0 saturated heterocycles. The molecule has 0 saturated carbocycles. The first kappa shape index (κ1) is 21.9. The van der Waals surface area contributed by atoms with E-state index in [9.17, 15) is 8.42 Å². The van der Waals surface area contributed by atoms with Crippen LogP contribution in [0.2, 0.25) is 0 Å². The van der Waals surface area contributed by atoms with Crippen molar-refractivity contribution in [3.8, 4) is 23.0 Å². The molecule has 0 bridgehead atoms. The van der Waals surface area contributed by atoms with E-state index < -0.39 is 10.0 Å². The van der Waals surface area contributed by atoms with Gasteiger partial charge in [0.25, 0.3) is 5.89 Å². The highest BCUT2D eigenvalue weighted by Gasteiger charge is 2.26. The van der Waals surface area contributed by atoms with E-state index in [0.717, 1.165) is 16.7 Å². The summed E-state index contributed by atoms with van der Waals surface area (Å²) in [5.74, 6) is 0.687. The van der Waals surface area contributed by atoms with E-state index in [1.165, 1.54) is 4.31 Å². The molecule has 1 aliphatic heterocycles. The second kappa shape index (κ2) is 9.16. The number of rotatable bonds is 6. The number of sulfonamides is 1. The molecule has 9 nitrogen and oxygen atoms in total. The van der Waals surface area contributed by atoms with Crippen LogP contribution in [0, 0.1) is 0 Å². The summed E-state index contributed by atoms with van der Waals surface area (Å²) >= 11 is 0. The molecule has 1 aliphatic rings. The van der Waals surface area contributed by atoms with Gasteiger partial charge in [0, 0.05) is 20.1 Å². The number of nitrogens with two attached hydrogens (primary N) is 1. The van der Waals surface area contributed by atoms with Gasteiger partial charge in [0.2, 0.25) is 15.9 Å². The maximum atomic E-state index is 12.8. The number of benzene rings is 2. The number of hydrogen-bond acceptors (Lipinski definition) is 8. The third-order valence-corrected chi connectivity index (χ3v) is 7.35. The van der Waals surface area contributed by atoms with E-state index in [-0.39, 0.29) is 25.4 Å². The molecular weight excluding hydrogens is 452 g/mol. The Bertz CT molecular complexity index is 1440. The van der Waals surface area contributed by atoms with E-state index in [1.807, 2.05) is 66.7 Å². The monoisotopic (exact) mass is 476 g/mol.